The normalized spacial score (nSPS) is 25.3. The highest BCUT2D eigenvalue weighted by Gasteiger charge is 2.28. The Bertz CT molecular complexity index is 260. The number of aliphatic hydroxyl groups is 1. The van der Waals surface area contributed by atoms with Gasteiger partial charge in [0.1, 0.15) is 0 Å². The van der Waals surface area contributed by atoms with Gasteiger partial charge in [0.25, 0.3) is 0 Å². The topological polar surface area (TPSA) is 58.6 Å². The molecule has 0 bridgehead atoms. The highest BCUT2D eigenvalue weighted by atomic mass is 16.5. The maximum absolute atomic E-state index is 11.7. The first kappa shape index (κ1) is 16.4. The van der Waals surface area contributed by atoms with E-state index < -0.39 is 0 Å². The lowest BCUT2D eigenvalue weighted by Gasteiger charge is -2.32. The van der Waals surface area contributed by atoms with Gasteiger partial charge < -0.3 is 15.2 Å². The molecule has 0 heterocycles. The summed E-state index contributed by atoms with van der Waals surface area (Å²) in [6.45, 7) is 6.92. The second-order valence-corrected chi connectivity index (χ2v) is 5.83. The summed E-state index contributed by atoms with van der Waals surface area (Å²) < 4.78 is 5.08. The zero-order valence-electron chi connectivity index (χ0n) is 12.5. The Morgan fingerprint density at radius 2 is 1.95 bits per heavy atom. The van der Waals surface area contributed by atoms with Crippen molar-refractivity contribution in [3.63, 3.8) is 0 Å². The fraction of sp³-hybridized carbons (Fsp3) is 0.933. The molecular weight excluding hydrogens is 242 g/mol. The van der Waals surface area contributed by atoms with Crippen LogP contribution in [0.1, 0.15) is 52.9 Å². The summed E-state index contributed by atoms with van der Waals surface area (Å²) in [4.78, 5) is 11.7. The minimum absolute atomic E-state index is 0.0308. The first-order valence-electron chi connectivity index (χ1n) is 7.62. The van der Waals surface area contributed by atoms with Crippen molar-refractivity contribution in [2.75, 3.05) is 13.2 Å². The number of rotatable bonds is 7. The van der Waals surface area contributed by atoms with Gasteiger partial charge in [0.2, 0.25) is 0 Å². The van der Waals surface area contributed by atoms with Gasteiger partial charge in [0.05, 0.1) is 12.5 Å². The van der Waals surface area contributed by atoms with Crippen LogP contribution in [0.3, 0.4) is 0 Å². The average molecular weight is 271 g/mol. The summed E-state index contributed by atoms with van der Waals surface area (Å²) in [6.07, 6.45) is 4.69. The molecule has 0 amide bonds. The molecule has 0 aromatic heterocycles. The van der Waals surface area contributed by atoms with E-state index in [1.54, 1.807) is 0 Å². The molecular formula is C15H29NO3. The maximum atomic E-state index is 11.7. The first-order valence-corrected chi connectivity index (χ1v) is 7.62. The molecule has 0 spiro atoms. The van der Waals surface area contributed by atoms with Crippen LogP contribution in [0.25, 0.3) is 0 Å². The molecule has 0 aliphatic heterocycles. The second kappa shape index (κ2) is 8.54. The molecule has 0 aromatic rings. The molecule has 0 radical (unpaired) electrons. The first-order chi connectivity index (χ1) is 9.08. The number of ether oxygens (including phenoxy) is 1. The van der Waals surface area contributed by atoms with Gasteiger partial charge in [-0.2, -0.15) is 0 Å². The minimum Gasteiger partial charge on any atom is -0.466 e. The van der Waals surface area contributed by atoms with Crippen LogP contribution in [0.2, 0.25) is 0 Å². The molecule has 19 heavy (non-hydrogen) atoms. The summed E-state index contributed by atoms with van der Waals surface area (Å²) in [5, 5.41) is 12.7. The van der Waals surface area contributed by atoms with Crippen molar-refractivity contribution in [3.05, 3.63) is 0 Å². The predicted octanol–water partition coefficient (Wildman–Crippen LogP) is 2.10. The van der Waals surface area contributed by atoms with E-state index in [1.165, 1.54) is 0 Å². The van der Waals surface area contributed by atoms with Crippen LogP contribution in [0, 0.1) is 11.8 Å². The third-order valence-electron chi connectivity index (χ3n) is 4.04. The van der Waals surface area contributed by atoms with Crippen molar-refractivity contribution >= 4 is 5.97 Å². The molecule has 1 saturated carbocycles. The Kier molecular flexibility index (Phi) is 7.39. The van der Waals surface area contributed by atoms with E-state index in [2.05, 4.69) is 19.2 Å². The van der Waals surface area contributed by atoms with Crippen molar-refractivity contribution in [1.29, 1.82) is 0 Å². The molecule has 1 aliphatic rings. The van der Waals surface area contributed by atoms with E-state index in [0.29, 0.717) is 24.6 Å². The summed E-state index contributed by atoms with van der Waals surface area (Å²) in [5.41, 5.74) is 0. The van der Waals surface area contributed by atoms with Gasteiger partial charge in [-0.05, 0) is 44.9 Å². The zero-order chi connectivity index (χ0) is 14.3. The lowest BCUT2D eigenvalue weighted by atomic mass is 9.85. The SMILES string of the molecule is CCOC(=O)C1CCC(NC(CCO)C(C)C)CC1. The summed E-state index contributed by atoms with van der Waals surface area (Å²) in [6, 6.07) is 0.846. The maximum Gasteiger partial charge on any atom is 0.308 e. The van der Waals surface area contributed by atoms with Crippen LogP contribution in [0.4, 0.5) is 0 Å². The monoisotopic (exact) mass is 271 g/mol. The number of nitrogens with one attached hydrogen (secondary N) is 1. The van der Waals surface area contributed by atoms with Crippen molar-refractivity contribution in [2.24, 2.45) is 11.8 Å². The Labute approximate surface area is 116 Å². The number of carbonyl (C=O) groups excluding carboxylic acids is 1. The molecule has 2 N–H and O–H groups in total. The quantitative estimate of drug-likeness (QED) is 0.696. The number of carbonyl (C=O) groups is 1. The molecule has 112 valence electrons. The molecule has 0 aromatic carbocycles. The van der Waals surface area contributed by atoms with E-state index in [0.717, 1.165) is 32.1 Å². The van der Waals surface area contributed by atoms with Gasteiger partial charge >= 0.3 is 5.97 Å². The number of hydrogen-bond donors (Lipinski definition) is 2. The van der Waals surface area contributed by atoms with Crippen molar-refractivity contribution in [2.45, 2.75) is 65.0 Å². The van der Waals surface area contributed by atoms with Crippen LogP contribution in [-0.2, 0) is 9.53 Å². The lowest BCUT2D eigenvalue weighted by Crippen LogP contribution is -2.44. The summed E-state index contributed by atoms with van der Waals surface area (Å²) in [5.74, 6) is 0.583. The van der Waals surface area contributed by atoms with Crippen LogP contribution in [0.15, 0.2) is 0 Å². The summed E-state index contributed by atoms with van der Waals surface area (Å²) in [7, 11) is 0. The van der Waals surface area contributed by atoms with Gasteiger partial charge in [0, 0.05) is 18.7 Å². The van der Waals surface area contributed by atoms with E-state index in [4.69, 9.17) is 9.84 Å². The van der Waals surface area contributed by atoms with Crippen LogP contribution in [-0.4, -0.2) is 36.4 Å². The van der Waals surface area contributed by atoms with Gasteiger partial charge in [-0.3, -0.25) is 4.79 Å². The molecule has 1 rings (SSSR count). The van der Waals surface area contributed by atoms with Crippen molar-refractivity contribution < 1.29 is 14.6 Å². The fourth-order valence-corrected chi connectivity index (χ4v) is 2.81. The smallest absolute Gasteiger partial charge is 0.308 e. The van der Waals surface area contributed by atoms with Crippen LogP contribution >= 0.6 is 0 Å². The molecule has 0 saturated heterocycles. The van der Waals surface area contributed by atoms with Crippen LogP contribution in [0.5, 0.6) is 0 Å². The predicted molar refractivity (Wildman–Crippen MR) is 75.8 cm³/mol. The molecule has 1 unspecified atom stereocenters. The Morgan fingerprint density at radius 1 is 1.32 bits per heavy atom. The lowest BCUT2D eigenvalue weighted by molar-refractivity contribution is -0.149. The summed E-state index contributed by atoms with van der Waals surface area (Å²) >= 11 is 0. The van der Waals surface area contributed by atoms with Crippen molar-refractivity contribution in [3.8, 4) is 0 Å². The largest absolute Gasteiger partial charge is 0.466 e. The number of aliphatic hydroxyl groups excluding tert-OH is 1. The van der Waals surface area contributed by atoms with E-state index >= 15 is 0 Å². The molecule has 4 nitrogen and oxygen atoms in total. The molecule has 4 heteroatoms. The highest BCUT2D eigenvalue weighted by molar-refractivity contribution is 5.72. The van der Waals surface area contributed by atoms with E-state index in [-0.39, 0.29) is 18.5 Å². The van der Waals surface area contributed by atoms with Crippen molar-refractivity contribution in [1.82, 2.24) is 5.32 Å². The number of esters is 1. The van der Waals surface area contributed by atoms with E-state index in [9.17, 15) is 4.79 Å². The second-order valence-electron chi connectivity index (χ2n) is 5.83. The Morgan fingerprint density at radius 3 is 2.42 bits per heavy atom. The highest BCUT2D eigenvalue weighted by Crippen LogP contribution is 2.26. The van der Waals surface area contributed by atoms with Gasteiger partial charge in [-0.25, -0.2) is 0 Å². The number of hydrogen-bond acceptors (Lipinski definition) is 4. The van der Waals surface area contributed by atoms with Crippen LogP contribution < -0.4 is 5.32 Å². The zero-order valence-corrected chi connectivity index (χ0v) is 12.5. The Balaban J connectivity index is 2.34. The standard InChI is InChI=1S/C15H29NO3/c1-4-19-15(18)12-5-7-13(8-6-12)16-14(9-10-17)11(2)3/h11-14,16-17H,4-10H2,1-3H3. The Hall–Kier alpha value is -0.610. The molecule has 1 atom stereocenters. The van der Waals surface area contributed by atoms with Gasteiger partial charge in [0.15, 0.2) is 0 Å². The molecule has 1 fully saturated rings. The fourth-order valence-electron chi connectivity index (χ4n) is 2.81. The molecule has 1 aliphatic carbocycles. The third kappa shape index (κ3) is 5.49. The van der Waals surface area contributed by atoms with Gasteiger partial charge in [-0.1, -0.05) is 13.8 Å². The third-order valence-corrected chi connectivity index (χ3v) is 4.04. The van der Waals surface area contributed by atoms with E-state index in [1.807, 2.05) is 6.92 Å². The average Bonchev–Trinajstić information content (AvgIpc) is 2.39. The minimum atomic E-state index is -0.0308. The van der Waals surface area contributed by atoms with Gasteiger partial charge in [-0.15, -0.1) is 0 Å².